The van der Waals surface area contributed by atoms with Crippen molar-refractivity contribution in [3.63, 3.8) is 0 Å². The van der Waals surface area contributed by atoms with Gasteiger partial charge in [-0.3, -0.25) is 4.57 Å². The first kappa shape index (κ1) is 12.9. The molecule has 2 aromatic heterocycles. The molecule has 6 heteroatoms. The molecule has 3 rings (SSSR count). The number of anilines is 1. The molecule has 3 aromatic rings. The number of methoxy groups -OCH3 is 1. The number of hydrogen-bond donors (Lipinski definition) is 1. The highest BCUT2D eigenvalue weighted by Crippen LogP contribution is 2.28. The van der Waals surface area contributed by atoms with Gasteiger partial charge in [0.15, 0.2) is 5.65 Å². The number of halogens is 1. The SMILES string of the molecule is COc1cc(Br)cc(-n2c(N)nc3c(C)ccnc32)c1. The maximum atomic E-state index is 6.05. The van der Waals surface area contributed by atoms with Gasteiger partial charge in [-0.25, -0.2) is 9.97 Å². The number of rotatable bonds is 2. The average Bonchev–Trinajstić information content (AvgIpc) is 2.76. The smallest absolute Gasteiger partial charge is 0.207 e. The second-order valence-corrected chi connectivity index (χ2v) is 5.37. The van der Waals surface area contributed by atoms with E-state index in [9.17, 15) is 0 Å². The lowest BCUT2D eigenvalue weighted by Gasteiger charge is -2.09. The predicted molar refractivity (Wildman–Crippen MR) is 82.3 cm³/mol. The Morgan fingerprint density at radius 1 is 1.30 bits per heavy atom. The van der Waals surface area contributed by atoms with Crippen LogP contribution in [0.1, 0.15) is 5.56 Å². The Hall–Kier alpha value is -2.08. The van der Waals surface area contributed by atoms with Crippen molar-refractivity contribution in [1.82, 2.24) is 14.5 Å². The highest BCUT2D eigenvalue weighted by atomic mass is 79.9. The van der Waals surface area contributed by atoms with Gasteiger partial charge in [-0.05, 0) is 30.7 Å². The normalized spacial score (nSPS) is 10.9. The minimum absolute atomic E-state index is 0.405. The number of imidazole rings is 1. The number of benzene rings is 1. The van der Waals surface area contributed by atoms with E-state index in [1.807, 2.05) is 35.8 Å². The summed E-state index contributed by atoms with van der Waals surface area (Å²) in [5.74, 6) is 1.14. The molecule has 0 saturated carbocycles. The molecule has 1 aromatic carbocycles. The van der Waals surface area contributed by atoms with Gasteiger partial charge in [-0.1, -0.05) is 15.9 Å². The Morgan fingerprint density at radius 2 is 2.10 bits per heavy atom. The molecule has 0 amide bonds. The maximum absolute atomic E-state index is 6.05. The highest BCUT2D eigenvalue weighted by molar-refractivity contribution is 9.10. The molecule has 0 radical (unpaired) electrons. The third-order valence-electron chi connectivity index (χ3n) is 3.12. The van der Waals surface area contributed by atoms with Gasteiger partial charge in [0, 0.05) is 16.7 Å². The van der Waals surface area contributed by atoms with E-state index >= 15 is 0 Å². The summed E-state index contributed by atoms with van der Waals surface area (Å²) in [6.07, 6.45) is 1.75. The van der Waals surface area contributed by atoms with Gasteiger partial charge < -0.3 is 10.5 Å². The van der Waals surface area contributed by atoms with Gasteiger partial charge in [0.2, 0.25) is 5.95 Å². The lowest BCUT2D eigenvalue weighted by molar-refractivity contribution is 0.414. The standard InChI is InChI=1S/C14H13BrN4O/c1-8-3-4-17-13-12(8)18-14(16)19(13)10-5-9(15)6-11(7-10)20-2/h3-7H,1-2H3,(H2,16,18). The molecule has 0 aliphatic rings. The van der Waals surface area contributed by atoms with E-state index in [0.29, 0.717) is 5.95 Å². The van der Waals surface area contributed by atoms with Crippen LogP contribution in [0.15, 0.2) is 34.9 Å². The Balaban J connectivity index is 2.32. The number of nitrogen functional groups attached to an aromatic ring is 1. The fraction of sp³-hybridized carbons (Fsp3) is 0.143. The third kappa shape index (κ3) is 2.02. The number of nitrogens with two attached hydrogens (primary N) is 1. The molecule has 2 heterocycles. The number of nitrogens with zero attached hydrogens (tertiary/aromatic N) is 3. The molecule has 0 atom stereocenters. The largest absolute Gasteiger partial charge is 0.497 e. The molecule has 102 valence electrons. The monoisotopic (exact) mass is 332 g/mol. The van der Waals surface area contributed by atoms with Gasteiger partial charge in [0.05, 0.1) is 12.8 Å². The predicted octanol–water partition coefficient (Wildman–Crippen LogP) is 3.08. The summed E-state index contributed by atoms with van der Waals surface area (Å²) in [5, 5.41) is 0. The second kappa shape index (κ2) is 4.79. The molecule has 2 N–H and O–H groups in total. The lowest BCUT2D eigenvalue weighted by Crippen LogP contribution is -2.02. The Kier molecular flexibility index (Phi) is 3.10. The number of aryl methyl sites for hydroxylation is 1. The summed E-state index contributed by atoms with van der Waals surface area (Å²) in [5.41, 5.74) is 9.50. The van der Waals surface area contributed by atoms with Gasteiger partial charge >= 0.3 is 0 Å². The van der Waals surface area contributed by atoms with Crippen LogP contribution >= 0.6 is 15.9 Å². The third-order valence-corrected chi connectivity index (χ3v) is 3.58. The van der Waals surface area contributed by atoms with Crippen LogP contribution in [-0.4, -0.2) is 21.6 Å². The first-order valence-electron chi connectivity index (χ1n) is 6.04. The summed E-state index contributed by atoms with van der Waals surface area (Å²) in [6.45, 7) is 1.99. The molecule has 0 spiro atoms. The summed E-state index contributed by atoms with van der Waals surface area (Å²) >= 11 is 3.47. The van der Waals surface area contributed by atoms with Crippen LogP contribution in [0.5, 0.6) is 5.75 Å². The maximum Gasteiger partial charge on any atom is 0.207 e. The van der Waals surface area contributed by atoms with Gasteiger partial charge in [-0.15, -0.1) is 0 Å². The minimum atomic E-state index is 0.405. The molecule has 0 unspecified atom stereocenters. The van der Waals surface area contributed by atoms with E-state index < -0.39 is 0 Å². The van der Waals surface area contributed by atoms with E-state index in [4.69, 9.17) is 10.5 Å². The zero-order valence-corrected chi connectivity index (χ0v) is 12.7. The van der Waals surface area contributed by atoms with Crippen LogP contribution in [0.25, 0.3) is 16.9 Å². The van der Waals surface area contributed by atoms with Crippen LogP contribution in [0.2, 0.25) is 0 Å². The van der Waals surface area contributed by atoms with E-state index in [1.54, 1.807) is 13.3 Å². The van der Waals surface area contributed by atoms with Crippen molar-refractivity contribution >= 4 is 33.0 Å². The second-order valence-electron chi connectivity index (χ2n) is 4.45. The van der Waals surface area contributed by atoms with Crippen molar-refractivity contribution < 1.29 is 4.74 Å². The molecule has 0 bridgehead atoms. The fourth-order valence-electron chi connectivity index (χ4n) is 2.16. The zero-order valence-electron chi connectivity index (χ0n) is 11.1. The Labute approximate surface area is 124 Å². The van der Waals surface area contributed by atoms with Crippen LogP contribution in [0.4, 0.5) is 5.95 Å². The van der Waals surface area contributed by atoms with Crippen molar-refractivity contribution in [1.29, 1.82) is 0 Å². The van der Waals surface area contributed by atoms with Gasteiger partial charge in [0.1, 0.15) is 11.3 Å². The van der Waals surface area contributed by atoms with Gasteiger partial charge in [-0.2, -0.15) is 0 Å². The molecule has 0 fully saturated rings. The van der Waals surface area contributed by atoms with Crippen LogP contribution < -0.4 is 10.5 Å². The molecule has 20 heavy (non-hydrogen) atoms. The minimum Gasteiger partial charge on any atom is -0.497 e. The summed E-state index contributed by atoms with van der Waals surface area (Å²) in [4.78, 5) is 8.79. The number of aromatic nitrogens is 3. The van der Waals surface area contributed by atoms with E-state index in [1.165, 1.54) is 0 Å². The average molecular weight is 333 g/mol. The zero-order chi connectivity index (χ0) is 14.3. The first-order valence-corrected chi connectivity index (χ1v) is 6.84. The topological polar surface area (TPSA) is 66.0 Å². The summed E-state index contributed by atoms with van der Waals surface area (Å²) in [6, 6.07) is 7.65. The Morgan fingerprint density at radius 3 is 2.85 bits per heavy atom. The quantitative estimate of drug-likeness (QED) is 0.783. The van der Waals surface area contributed by atoms with Crippen molar-refractivity contribution in [2.24, 2.45) is 0 Å². The van der Waals surface area contributed by atoms with E-state index in [-0.39, 0.29) is 0 Å². The van der Waals surface area contributed by atoms with Crippen molar-refractivity contribution in [2.45, 2.75) is 6.92 Å². The van der Waals surface area contributed by atoms with Crippen LogP contribution in [-0.2, 0) is 0 Å². The number of fused-ring (bicyclic) bond motifs is 1. The Bertz CT molecular complexity index is 797. The lowest BCUT2D eigenvalue weighted by atomic mass is 10.2. The molecule has 0 aliphatic heterocycles. The summed E-state index contributed by atoms with van der Waals surface area (Å²) < 4.78 is 8.00. The van der Waals surface area contributed by atoms with Crippen LogP contribution in [0, 0.1) is 6.92 Å². The van der Waals surface area contributed by atoms with E-state index in [2.05, 4.69) is 25.9 Å². The summed E-state index contributed by atoms with van der Waals surface area (Å²) in [7, 11) is 1.63. The molecule has 0 aliphatic carbocycles. The first-order chi connectivity index (χ1) is 9.60. The van der Waals surface area contributed by atoms with Crippen LogP contribution in [0.3, 0.4) is 0 Å². The molecular formula is C14H13BrN4O. The number of ether oxygens (including phenoxy) is 1. The fourth-order valence-corrected chi connectivity index (χ4v) is 2.62. The molecule has 5 nitrogen and oxygen atoms in total. The number of hydrogen-bond acceptors (Lipinski definition) is 4. The van der Waals surface area contributed by atoms with Crippen molar-refractivity contribution in [3.8, 4) is 11.4 Å². The highest BCUT2D eigenvalue weighted by Gasteiger charge is 2.13. The van der Waals surface area contributed by atoms with Crippen molar-refractivity contribution in [3.05, 3.63) is 40.5 Å². The van der Waals surface area contributed by atoms with Crippen molar-refractivity contribution in [2.75, 3.05) is 12.8 Å². The van der Waals surface area contributed by atoms with Gasteiger partial charge in [0.25, 0.3) is 0 Å². The number of pyridine rings is 1. The van der Waals surface area contributed by atoms with E-state index in [0.717, 1.165) is 32.6 Å². The molecule has 0 saturated heterocycles. The molecular weight excluding hydrogens is 320 g/mol.